The molecular formula is C13H9FN4O2. The van der Waals surface area contributed by atoms with Crippen molar-refractivity contribution in [2.75, 3.05) is 5.73 Å². The maximum atomic E-state index is 13.1. The van der Waals surface area contributed by atoms with Crippen molar-refractivity contribution in [2.45, 2.75) is 0 Å². The first-order valence-corrected chi connectivity index (χ1v) is 5.74. The third kappa shape index (κ3) is 1.95. The number of benzene rings is 2. The van der Waals surface area contributed by atoms with E-state index in [1.807, 2.05) is 0 Å². The Kier molecular flexibility index (Phi) is 2.60. The van der Waals surface area contributed by atoms with Crippen LogP contribution >= 0.6 is 0 Å². The largest absolute Gasteiger partial charge is 0.399 e. The van der Waals surface area contributed by atoms with Crippen LogP contribution in [0, 0.1) is 15.9 Å². The van der Waals surface area contributed by atoms with Gasteiger partial charge in [0.15, 0.2) is 0 Å². The number of nitrogens with zero attached hydrogens (tertiary/aromatic N) is 2. The second-order valence-corrected chi connectivity index (χ2v) is 4.28. The predicted octanol–water partition coefficient (Wildman–Crippen LogP) is 2.86. The Morgan fingerprint density at radius 2 is 2.05 bits per heavy atom. The Morgan fingerprint density at radius 1 is 1.25 bits per heavy atom. The first-order valence-electron chi connectivity index (χ1n) is 5.74. The van der Waals surface area contributed by atoms with Gasteiger partial charge in [-0.2, -0.15) is 0 Å². The lowest BCUT2D eigenvalue weighted by molar-refractivity contribution is -0.384. The van der Waals surface area contributed by atoms with E-state index >= 15 is 0 Å². The minimum absolute atomic E-state index is 0.228. The van der Waals surface area contributed by atoms with Crippen LogP contribution in [0.5, 0.6) is 0 Å². The lowest BCUT2D eigenvalue weighted by Crippen LogP contribution is -1.94. The van der Waals surface area contributed by atoms with E-state index in [1.54, 1.807) is 18.2 Å². The average Bonchev–Trinajstić information content (AvgIpc) is 2.81. The fourth-order valence-electron chi connectivity index (χ4n) is 2.01. The third-order valence-corrected chi connectivity index (χ3v) is 2.92. The zero-order valence-electron chi connectivity index (χ0n) is 10.1. The second kappa shape index (κ2) is 4.30. The Labute approximate surface area is 112 Å². The number of aromatic nitrogens is 2. The molecule has 0 saturated heterocycles. The summed E-state index contributed by atoms with van der Waals surface area (Å²) >= 11 is 0. The van der Waals surface area contributed by atoms with E-state index in [9.17, 15) is 14.5 Å². The molecule has 3 N–H and O–H groups in total. The highest BCUT2D eigenvalue weighted by atomic mass is 19.1. The summed E-state index contributed by atoms with van der Waals surface area (Å²) in [5, 5.41) is 11.0. The quantitative estimate of drug-likeness (QED) is 0.425. The summed E-state index contributed by atoms with van der Waals surface area (Å²) in [6, 6.07) is 8.43. The van der Waals surface area contributed by atoms with E-state index in [1.165, 1.54) is 6.07 Å². The van der Waals surface area contributed by atoms with E-state index in [2.05, 4.69) is 9.97 Å². The van der Waals surface area contributed by atoms with E-state index < -0.39 is 10.7 Å². The van der Waals surface area contributed by atoms with Gasteiger partial charge in [0.1, 0.15) is 11.6 Å². The van der Waals surface area contributed by atoms with Crippen molar-refractivity contribution in [3.8, 4) is 11.4 Å². The van der Waals surface area contributed by atoms with Gasteiger partial charge in [-0.05, 0) is 30.3 Å². The molecule has 0 atom stereocenters. The molecule has 100 valence electrons. The molecule has 0 radical (unpaired) electrons. The number of halogens is 1. The van der Waals surface area contributed by atoms with Crippen molar-refractivity contribution in [3.63, 3.8) is 0 Å². The Balaban J connectivity index is 2.22. The minimum Gasteiger partial charge on any atom is -0.399 e. The van der Waals surface area contributed by atoms with Crippen LogP contribution < -0.4 is 5.73 Å². The van der Waals surface area contributed by atoms with Gasteiger partial charge in [-0.3, -0.25) is 10.1 Å². The van der Waals surface area contributed by atoms with Crippen molar-refractivity contribution in [1.82, 2.24) is 9.97 Å². The Hall–Kier alpha value is -2.96. The molecule has 0 amide bonds. The molecule has 1 heterocycles. The van der Waals surface area contributed by atoms with Gasteiger partial charge in [0.25, 0.3) is 5.69 Å². The summed E-state index contributed by atoms with van der Waals surface area (Å²) < 4.78 is 13.1. The van der Waals surface area contributed by atoms with Crippen LogP contribution in [0.15, 0.2) is 36.4 Å². The summed E-state index contributed by atoms with van der Waals surface area (Å²) in [6.07, 6.45) is 0. The first kappa shape index (κ1) is 12.1. The maximum absolute atomic E-state index is 13.1. The van der Waals surface area contributed by atoms with Crippen molar-refractivity contribution in [3.05, 3.63) is 52.3 Å². The highest BCUT2D eigenvalue weighted by Gasteiger charge is 2.19. The number of nitro benzene ring substituents is 1. The number of hydrogen-bond donors (Lipinski definition) is 2. The normalized spacial score (nSPS) is 10.8. The molecule has 1 aromatic heterocycles. The van der Waals surface area contributed by atoms with Crippen LogP contribution in [0.3, 0.4) is 0 Å². The molecule has 3 rings (SSSR count). The van der Waals surface area contributed by atoms with Crippen LogP contribution in [-0.2, 0) is 0 Å². The molecule has 0 aliphatic heterocycles. The van der Waals surface area contributed by atoms with E-state index in [0.717, 1.165) is 12.1 Å². The van der Waals surface area contributed by atoms with E-state index in [0.29, 0.717) is 22.5 Å². The molecule has 7 heteroatoms. The van der Waals surface area contributed by atoms with Gasteiger partial charge in [-0.1, -0.05) is 0 Å². The molecular weight excluding hydrogens is 263 g/mol. The van der Waals surface area contributed by atoms with Gasteiger partial charge in [0.2, 0.25) is 0 Å². The summed E-state index contributed by atoms with van der Waals surface area (Å²) in [5.41, 5.74) is 7.41. The smallest absolute Gasteiger partial charge is 0.283 e. The van der Waals surface area contributed by atoms with Gasteiger partial charge >= 0.3 is 0 Å². The topological polar surface area (TPSA) is 97.8 Å². The van der Waals surface area contributed by atoms with Gasteiger partial charge in [0.05, 0.1) is 27.6 Å². The highest BCUT2D eigenvalue weighted by molar-refractivity contribution is 5.83. The molecule has 0 unspecified atom stereocenters. The van der Waals surface area contributed by atoms with Crippen molar-refractivity contribution < 1.29 is 9.31 Å². The number of anilines is 1. The Bertz CT molecular complexity index is 828. The molecule has 0 bridgehead atoms. The van der Waals surface area contributed by atoms with Crippen LogP contribution in [0.4, 0.5) is 15.8 Å². The minimum atomic E-state index is -0.666. The van der Waals surface area contributed by atoms with Crippen LogP contribution in [0.1, 0.15) is 0 Å². The summed E-state index contributed by atoms with van der Waals surface area (Å²) in [4.78, 5) is 17.6. The van der Waals surface area contributed by atoms with Gasteiger partial charge in [-0.25, -0.2) is 9.37 Å². The first-order chi connectivity index (χ1) is 9.54. The van der Waals surface area contributed by atoms with Gasteiger partial charge in [-0.15, -0.1) is 0 Å². The molecule has 0 fully saturated rings. The van der Waals surface area contributed by atoms with Crippen molar-refractivity contribution in [1.29, 1.82) is 0 Å². The molecule has 0 aliphatic carbocycles. The van der Waals surface area contributed by atoms with Crippen LogP contribution in [0.25, 0.3) is 22.4 Å². The monoisotopic (exact) mass is 272 g/mol. The number of fused-ring (bicyclic) bond motifs is 1. The number of rotatable bonds is 2. The lowest BCUT2D eigenvalue weighted by atomic mass is 10.1. The molecule has 0 spiro atoms. The molecule has 3 aromatic rings. The zero-order chi connectivity index (χ0) is 14.3. The number of nitrogen functional groups attached to an aromatic ring is 1. The Morgan fingerprint density at radius 3 is 2.80 bits per heavy atom. The van der Waals surface area contributed by atoms with E-state index in [-0.39, 0.29) is 11.3 Å². The number of imidazole rings is 1. The molecule has 2 aromatic carbocycles. The number of nitrogens with two attached hydrogens (primary N) is 1. The van der Waals surface area contributed by atoms with E-state index in [4.69, 9.17) is 5.73 Å². The second-order valence-electron chi connectivity index (χ2n) is 4.28. The number of nitro groups is 1. The maximum Gasteiger partial charge on any atom is 0.283 e. The summed E-state index contributed by atoms with van der Waals surface area (Å²) in [6.45, 7) is 0. The molecule has 6 nitrogen and oxygen atoms in total. The standard InChI is InChI=1S/C13H9FN4O2/c14-7-1-3-9(12(5-7)18(19)20)13-16-10-4-2-8(15)6-11(10)17-13/h1-6H,15H2,(H,16,17). The number of H-pyrrole nitrogens is 1. The molecule has 0 saturated carbocycles. The fourth-order valence-corrected chi connectivity index (χ4v) is 2.01. The number of hydrogen-bond acceptors (Lipinski definition) is 4. The molecule has 20 heavy (non-hydrogen) atoms. The SMILES string of the molecule is Nc1ccc2nc(-c3ccc(F)cc3[N+](=O)[O-])[nH]c2c1. The number of nitrogens with one attached hydrogen (secondary N) is 1. The van der Waals surface area contributed by atoms with Crippen molar-refractivity contribution in [2.24, 2.45) is 0 Å². The third-order valence-electron chi connectivity index (χ3n) is 2.92. The number of aromatic amines is 1. The lowest BCUT2D eigenvalue weighted by Gasteiger charge is -1.99. The zero-order valence-corrected chi connectivity index (χ0v) is 10.1. The van der Waals surface area contributed by atoms with Crippen LogP contribution in [0.2, 0.25) is 0 Å². The fraction of sp³-hybridized carbons (Fsp3) is 0. The predicted molar refractivity (Wildman–Crippen MR) is 72.6 cm³/mol. The van der Waals surface area contributed by atoms with Crippen molar-refractivity contribution >= 4 is 22.4 Å². The highest BCUT2D eigenvalue weighted by Crippen LogP contribution is 2.30. The molecule has 0 aliphatic rings. The summed E-state index contributed by atoms with van der Waals surface area (Å²) in [5.74, 6) is -0.363. The average molecular weight is 272 g/mol. The summed E-state index contributed by atoms with van der Waals surface area (Å²) in [7, 11) is 0. The van der Waals surface area contributed by atoms with Gasteiger partial charge in [0, 0.05) is 5.69 Å². The van der Waals surface area contributed by atoms with Crippen LogP contribution in [-0.4, -0.2) is 14.9 Å². The van der Waals surface area contributed by atoms with Gasteiger partial charge < -0.3 is 10.7 Å².